The standard InChI is InChI=1S/C18H34O2/c1-3-17(13-5-9-15(19)10-6-13)18(4-2)14-7-11-16(20)12-8-14/h13-20H,3-12H2,1-2H3/t13?,14?,15?,16?,17-,18-/m1/s1. The summed E-state index contributed by atoms with van der Waals surface area (Å²) in [6, 6.07) is 0. The molecule has 2 rings (SSSR count). The Morgan fingerprint density at radius 2 is 0.950 bits per heavy atom. The second kappa shape index (κ2) is 7.79. The highest BCUT2D eigenvalue weighted by Crippen LogP contribution is 2.43. The van der Waals surface area contributed by atoms with Crippen molar-refractivity contribution in [2.24, 2.45) is 23.7 Å². The number of rotatable bonds is 5. The number of hydrogen-bond acceptors (Lipinski definition) is 2. The molecule has 20 heavy (non-hydrogen) atoms. The lowest BCUT2D eigenvalue weighted by atomic mass is 9.65. The molecular formula is C18H34O2. The molecule has 0 saturated heterocycles. The molecule has 118 valence electrons. The molecule has 0 aromatic rings. The first-order valence-corrected chi connectivity index (χ1v) is 9.01. The van der Waals surface area contributed by atoms with Crippen molar-refractivity contribution in [3.05, 3.63) is 0 Å². The van der Waals surface area contributed by atoms with Crippen molar-refractivity contribution in [2.75, 3.05) is 0 Å². The van der Waals surface area contributed by atoms with Gasteiger partial charge in [0.15, 0.2) is 0 Å². The van der Waals surface area contributed by atoms with Gasteiger partial charge in [-0.1, -0.05) is 26.7 Å². The fourth-order valence-corrected chi connectivity index (χ4v) is 5.03. The molecule has 0 amide bonds. The molecule has 0 unspecified atom stereocenters. The quantitative estimate of drug-likeness (QED) is 0.795. The van der Waals surface area contributed by atoms with Gasteiger partial charge in [0, 0.05) is 0 Å². The third kappa shape index (κ3) is 3.98. The van der Waals surface area contributed by atoms with E-state index >= 15 is 0 Å². The minimum Gasteiger partial charge on any atom is -0.393 e. The zero-order valence-corrected chi connectivity index (χ0v) is 13.4. The van der Waals surface area contributed by atoms with E-state index in [1.807, 2.05) is 0 Å². The van der Waals surface area contributed by atoms with Crippen LogP contribution < -0.4 is 0 Å². The largest absolute Gasteiger partial charge is 0.393 e. The Labute approximate surface area is 125 Å². The minimum atomic E-state index is -0.0336. The predicted molar refractivity (Wildman–Crippen MR) is 83.5 cm³/mol. The maximum absolute atomic E-state index is 9.73. The molecule has 0 heterocycles. The van der Waals surface area contributed by atoms with Crippen LogP contribution in [0.15, 0.2) is 0 Å². The van der Waals surface area contributed by atoms with Gasteiger partial charge in [-0.2, -0.15) is 0 Å². The highest BCUT2D eigenvalue weighted by molar-refractivity contribution is 4.86. The summed E-state index contributed by atoms with van der Waals surface area (Å²) < 4.78 is 0. The summed E-state index contributed by atoms with van der Waals surface area (Å²) in [5.41, 5.74) is 0. The van der Waals surface area contributed by atoms with E-state index in [1.54, 1.807) is 0 Å². The van der Waals surface area contributed by atoms with Crippen LogP contribution >= 0.6 is 0 Å². The summed E-state index contributed by atoms with van der Waals surface area (Å²) in [6.07, 6.45) is 11.5. The van der Waals surface area contributed by atoms with E-state index in [-0.39, 0.29) is 12.2 Å². The van der Waals surface area contributed by atoms with E-state index in [1.165, 1.54) is 38.5 Å². The molecule has 0 aromatic carbocycles. The Balaban J connectivity index is 1.96. The first-order chi connectivity index (χ1) is 9.65. The van der Waals surface area contributed by atoms with Crippen molar-refractivity contribution in [2.45, 2.75) is 90.3 Å². The van der Waals surface area contributed by atoms with Crippen LogP contribution in [0.25, 0.3) is 0 Å². The molecular weight excluding hydrogens is 248 g/mol. The average molecular weight is 282 g/mol. The summed E-state index contributed by atoms with van der Waals surface area (Å²) in [7, 11) is 0. The van der Waals surface area contributed by atoms with Crippen LogP contribution in [0.2, 0.25) is 0 Å². The maximum atomic E-state index is 9.73. The topological polar surface area (TPSA) is 40.5 Å². The Hall–Kier alpha value is -0.0800. The van der Waals surface area contributed by atoms with Gasteiger partial charge >= 0.3 is 0 Å². The molecule has 2 heteroatoms. The molecule has 2 fully saturated rings. The van der Waals surface area contributed by atoms with E-state index in [0.717, 1.165) is 49.4 Å². The second-order valence-corrected chi connectivity index (χ2v) is 7.28. The fourth-order valence-electron chi connectivity index (χ4n) is 5.03. The van der Waals surface area contributed by atoms with Gasteiger partial charge < -0.3 is 10.2 Å². The molecule has 0 bridgehead atoms. The van der Waals surface area contributed by atoms with Crippen molar-refractivity contribution < 1.29 is 10.2 Å². The zero-order valence-electron chi connectivity index (χ0n) is 13.4. The van der Waals surface area contributed by atoms with Crippen LogP contribution in [0.4, 0.5) is 0 Å². The third-order valence-electron chi connectivity index (χ3n) is 6.19. The first-order valence-electron chi connectivity index (χ1n) is 9.01. The highest BCUT2D eigenvalue weighted by atomic mass is 16.3. The minimum absolute atomic E-state index is 0.0336. The molecule has 2 nitrogen and oxygen atoms in total. The Kier molecular flexibility index (Phi) is 6.35. The first kappa shape index (κ1) is 16.3. The third-order valence-corrected chi connectivity index (χ3v) is 6.19. The van der Waals surface area contributed by atoms with Gasteiger partial charge in [-0.05, 0) is 75.0 Å². The molecule has 0 radical (unpaired) electrons. The van der Waals surface area contributed by atoms with Gasteiger partial charge in [-0.25, -0.2) is 0 Å². The molecule has 0 aliphatic heterocycles. The monoisotopic (exact) mass is 282 g/mol. The normalized spacial score (nSPS) is 38.4. The molecule has 2 aliphatic carbocycles. The lowest BCUT2D eigenvalue weighted by Gasteiger charge is -2.41. The average Bonchev–Trinajstić information content (AvgIpc) is 2.47. The van der Waals surface area contributed by atoms with Gasteiger partial charge in [0.1, 0.15) is 0 Å². The van der Waals surface area contributed by atoms with E-state index in [2.05, 4.69) is 13.8 Å². The SMILES string of the molecule is CC[C@H](C1CCC(O)CC1)[C@H](CC)C1CCC(O)CC1. The fraction of sp³-hybridized carbons (Fsp3) is 1.00. The smallest absolute Gasteiger partial charge is 0.0540 e. The van der Waals surface area contributed by atoms with Crippen molar-refractivity contribution in [3.63, 3.8) is 0 Å². The van der Waals surface area contributed by atoms with Crippen LogP contribution in [0.1, 0.15) is 78.1 Å². The van der Waals surface area contributed by atoms with E-state index < -0.39 is 0 Å². The molecule has 0 spiro atoms. The number of aliphatic hydroxyl groups is 2. The lowest BCUT2D eigenvalue weighted by molar-refractivity contribution is 0.0356. The van der Waals surface area contributed by atoms with Crippen molar-refractivity contribution in [3.8, 4) is 0 Å². The van der Waals surface area contributed by atoms with Crippen molar-refractivity contribution in [1.82, 2.24) is 0 Å². The Bertz CT molecular complexity index is 235. The predicted octanol–water partition coefficient (Wildman–Crippen LogP) is 4.14. The molecule has 2 aliphatic rings. The van der Waals surface area contributed by atoms with Gasteiger partial charge in [-0.3, -0.25) is 0 Å². The van der Waals surface area contributed by atoms with Crippen molar-refractivity contribution >= 4 is 0 Å². The number of aliphatic hydroxyl groups excluding tert-OH is 2. The Morgan fingerprint density at radius 3 is 1.20 bits per heavy atom. The summed E-state index contributed by atoms with van der Waals surface area (Å²) in [5.74, 6) is 3.35. The van der Waals surface area contributed by atoms with Gasteiger partial charge in [0.25, 0.3) is 0 Å². The van der Waals surface area contributed by atoms with Gasteiger partial charge in [0.2, 0.25) is 0 Å². The summed E-state index contributed by atoms with van der Waals surface area (Å²) in [5, 5.41) is 19.5. The van der Waals surface area contributed by atoms with Crippen LogP contribution in [0.5, 0.6) is 0 Å². The Morgan fingerprint density at radius 1 is 0.650 bits per heavy atom. The molecule has 2 saturated carbocycles. The molecule has 0 aromatic heterocycles. The highest BCUT2D eigenvalue weighted by Gasteiger charge is 2.35. The second-order valence-electron chi connectivity index (χ2n) is 7.28. The van der Waals surface area contributed by atoms with E-state index in [0.29, 0.717) is 0 Å². The van der Waals surface area contributed by atoms with E-state index in [4.69, 9.17) is 0 Å². The molecule has 2 N–H and O–H groups in total. The summed E-state index contributed by atoms with van der Waals surface area (Å²) in [6.45, 7) is 4.71. The lowest BCUT2D eigenvalue weighted by Crippen LogP contribution is -2.34. The van der Waals surface area contributed by atoms with Crippen LogP contribution in [0, 0.1) is 23.7 Å². The maximum Gasteiger partial charge on any atom is 0.0540 e. The molecule has 2 atom stereocenters. The van der Waals surface area contributed by atoms with Crippen LogP contribution in [-0.4, -0.2) is 22.4 Å². The van der Waals surface area contributed by atoms with E-state index in [9.17, 15) is 10.2 Å². The number of hydrogen-bond donors (Lipinski definition) is 2. The zero-order chi connectivity index (χ0) is 14.5. The van der Waals surface area contributed by atoms with Crippen LogP contribution in [0.3, 0.4) is 0 Å². The summed E-state index contributed by atoms with van der Waals surface area (Å²) >= 11 is 0. The van der Waals surface area contributed by atoms with Gasteiger partial charge in [0.05, 0.1) is 12.2 Å². The summed E-state index contributed by atoms with van der Waals surface area (Å²) in [4.78, 5) is 0. The van der Waals surface area contributed by atoms with Crippen LogP contribution in [-0.2, 0) is 0 Å². The van der Waals surface area contributed by atoms with Crippen molar-refractivity contribution in [1.29, 1.82) is 0 Å². The van der Waals surface area contributed by atoms with Gasteiger partial charge in [-0.15, -0.1) is 0 Å².